The summed E-state index contributed by atoms with van der Waals surface area (Å²) in [7, 11) is 0. The van der Waals surface area contributed by atoms with Crippen LogP contribution >= 0.6 is 23.2 Å². The van der Waals surface area contributed by atoms with Gasteiger partial charge < -0.3 is 4.74 Å². The third kappa shape index (κ3) is 3.71. The van der Waals surface area contributed by atoms with Crippen molar-refractivity contribution in [3.8, 4) is 5.75 Å². The van der Waals surface area contributed by atoms with E-state index in [1.54, 1.807) is 0 Å². The van der Waals surface area contributed by atoms with Crippen LogP contribution in [0.2, 0.25) is 10.0 Å². The second-order valence-corrected chi connectivity index (χ2v) is 5.17. The third-order valence-electron chi connectivity index (χ3n) is 2.76. The normalized spacial score (nSPS) is 12.0. The molecule has 0 aliphatic heterocycles. The Labute approximate surface area is 130 Å². The number of Topliss-reactive ketones (excluding diaryl/α,β-unsaturated/α-hetero) is 1. The maximum absolute atomic E-state index is 13.5. The van der Waals surface area contributed by atoms with Crippen LogP contribution in [0.15, 0.2) is 36.4 Å². The lowest BCUT2D eigenvalue weighted by Crippen LogP contribution is -2.24. The Bertz CT molecular complexity index is 689. The van der Waals surface area contributed by atoms with Crippen LogP contribution in [0.1, 0.15) is 17.3 Å². The molecule has 0 saturated heterocycles. The number of ketones is 1. The lowest BCUT2D eigenvalue weighted by atomic mass is 10.1. The van der Waals surface area contributed by atoms with E-state index in [0.29, 0.717) is 5.02 Å². The molecule has 0 aromatic heterocycles. The zero-order valence-corrected chi connectivity index (χ0v) is 12.4. The van der Waals surface area contributed by atoms with Gasteiger partial charge in [-0.1, -0.05) is 23.2 Å². The first-order valence-electron chi connectivity index (χ1n) is 5.99. The molecule has 0 heterocycles. The quantitative estimate of drug-likeness (QED) is 0.743. The molecule has 0 radical (unpaired) electrons. The molecule has 0 fully saturated rings. The molecule has 0 spiro atoms. The number of hydrogen-bond donors (Lipinski definition) is 0. The molecule has 0 aliphatic rings. The Morgan fingerprint density at radius 1 is 1.14 bits per heavy atom. The van der Waals surface area contributed by atoms with Gasteiger partial charge in [0.05, 0.1) is 5.02 Å². The summed E-state index contributed by atoms with van der Waals surface area (Å²) in [6, 6.07) is 7.15. The molecule has 2 rings (SSSR count). The van der Waals surface area contributed by atoms with Gasteiger partial charge in [0.2, 0.25) is 5.78 Å². The van der Waals surface area contributed by atoms with E-state index in [9.17, 15) is 13.6 Å². The van der Waals surface area contributed by atoms with Gasteiger partial charge in [-0.05, 0) is 37.3 Å². The van der Waals surface area contributed by atoms with Gasteiger partial charge in [-0.3, -0.25) is 4.79 Å². The van der Waals surface area contributed by atoms with E-state index in [4.69, 9.17) is 27.9 Å². The molecule has 0 amide bonds. The minimum Gasteiger partial charge on any atom is -0.479 e. The lowest BCUT2D eigenvalue weighted by Gasteiger charge is -2.15. The summed E-state index contributed by atoms with van der Waals surface area (Å²) in [6.45, 7) is 1.43. The summed E-state index contributed by atoms with van der Waals surface area (Å²) >= 11 is 11.7. The highest BCUT2D eigenvalue weighted by Crippen LogP contribution is 2.24. The maximum atomic E-state index is 13.5. The zero-order valence-electron chi connectivity index (χ0n) is 10.9. The lowest BCUT2D eigenvalue weighted by molar-refractivity contribution is 0.0812. The fourth-order valence-electron chi connectivity index (χ4n) is 1.72. The summed E-state index contributed by atoms with van der Waals surface area (Å²) < 4.78 is 31.7. The largest absolute Gasteiger partial charge is 0.479 e. The molecule has 21 heavy (non-hydrogen) atoms. The van der Waals surface area contributed by atoms with Gasteiger partial charge in [0.15, 0.2) is 17.7 Å². The van der Waals surface area contributed by atoms with Gasteiger partial charge in [-0.15, -0.1) is 0 Å². The van der Waals surface area contributed by atoms with Crippen molar-refractivity contribution in [2.45, 2.75) is 13.0 Å². The monoisotopic (exact) mass is 330 g/mol. The Balaban J connectivity index is 2.21. The Morgan fingerprint density at radius 2 is 1.86 bits per heavy atom. The number of rotatable bonds is 4. The minimum absolute atomic E-state index is 0.169. The summed E-state index contributed by atoms with van der Waals surface area (Å²) in [5.41, 5.74) is 0.199. The highest BCUT2D eigenvalue weighted by atomic mass is 35.5. The van der Waals surface area contributed by atoms with Gasteiger partial charge >= 0.3 is 0 Å². The molecule has 6 heteroatoms. The maximum Gasteiger partial charge on any atom is 0.204 e. The summed E-state index contributed by atoms with van der Waals surface area (Å²) in [6.07, 6.45) is -1.03. The Hall–Kier alpha value is -1.65. The molecular weight excluding hydrogens is 321 g/mol. The molecule has 0 bridgehead atoms. The Kier molecular flexibility index (Phi) is 4.80. The average Bonchev–Trinajstić information content (AvgIpc) is 2.42. The van der Waals surface area contributed by atoms with Crippen LogP contribution in [0.4, 0.5) is 8.78 Å². The van der Waals surface area contributed by atoms with E-state index in [1.165, 1.54) is 25.1 Å². The van der Waals surface area contributed by atoms with Crippen molar-refractivity contribution in [2.24, 2.45) is 0 Å². The molecule has 110 valence electrons. The molecule has 2 aromatic carbocycles. The standard InChI is InChI=1S/C15H10Cl2F2O2/c1-8(21-14-7-10(18)3-5-13(14)19)15(20)11-4-2-9(16)6-12(11)17/h2-8H,1H3. The van der Waals surface area contributed by atoms with Crippen molar-refractivity contribution in [1.82, 2.24) is 0 Å². The van der Waals surface area contributed by atoms with Crippen LogP contribution < -0.4 is 4.74 Å². The predicted octanol–water partition coefficient (Wildman–Crippen LogP) is 4.92. The second kappa shape index (κ2) is 6.41. The smallest absolute Gasteiger partial charge is 0.204 e. The first-order chi connectivity index (χ1) is 9.88. The van der Waals surface area contributed by atoms with Crippen molar-refractivity contribution < 1.29 is 18.3 Å². The van der Waals surface area contributed by atoms with E-state index in [2.05, 4.69) is 0 Å². The van der Waals surface area contributed by atoms with Crippen LogP contribution in [0, 0.1) is 11.6 Å². The van der Waals surface area contributed by atoms with Crippen molar-refractivity contribution in [3.05, 3.63) is 63.6 Å². The molecule has 2 aromatic rings. The second-order valence-electron chi connectivity index (χ2n) is 4.32. The van der Waals surface area contributed by atoms with Crippen LogP contribution in [-0.2, 0) is 0 Å². The fraction of sp³-hybridized carbons (Fsp3) is 0.133. The first-order valence-corrected chi connectivity index (χ1v) is 6.75. The van der Waals surface area contributed by atoms with E-state index >= 15 is 0 Å². The van der Waals surface area contributed by atoms with Crippen molar-refractivity contribution >= 4 is 29.0 Å². The molecule has 0 saturated carbocycles. The number of benzene rings is 2. The summed E-state index contributed by atoms with van der Waals surface area (Å²) in [5, 5.41) is 0.559. The number of carbonyl (C=O) groups is 1. The number of ether oxygens (including phenoxy) is 1. The minimum atomic E-state index is -1.03. The number of halogens is 4. The summed E-state index contributed by atoms with van der Waals surface area (Å²) in [5.74, 6) is -2.20. The van der Waals surface area contributed by atoms with Crippen molar-refractivity contribution in [3.63, 3.8) is 0 Å². The van der Waals surface area contributed by atoms with Crippen molar-refractivity contribution in [2.75, 3.05) is 0 Å². The van der Waals surface area contributed by atoms with E-state index in [1.807, 2.05) is 0 Å². The van der Waals surface area contributed by atoms with E-state index in [0.717, 1.165) is 18.2 Å². The third-order valence-corrected chi connectivity index (χ3v) is 3.31. The highest BCUT2D eigenvalue weighted by Gasteiger charge is 2.21. The van der Waals surface area contributed by atoms with Gasteiger partial charge in [0.25, 0.3) is 0 Å². The van der Waals surface area contributed by atoms with Crippen LogP contribution in [-0.4, -0.2) is 11.9 Å². The molecule has 1 unspecified atom stereocenters. The van der Waals surface area contributed by atoms with Gasteiger partial charge in [-0.2, -0.15) is 0 Å². The molecule has 0 aliphatic carbocycles. The fourth-order valence-corrected chi connectivity index (χ4v) is 2.22. The predicted molar refractivity (Wildman–Crippen MR) is 77.2 cm³/mol. The molecular formula is C15H10Cl2F2O2. The van der Waals surface area contributed by atoms with Crippen LogP contribution in [0.25, 0.3) is 0 Å². The average molecular weight is 331 g/mol. The van der Waals surface area contributed by atoms with Gasteiger partial charge in [0.1, 0.15) is 5.82 Å². The molecule has 0 N–H and O–H groups in total. The highest BCUT2D eigenvalue weighted by molar-refractivity contribution is 6.37. The van der Waals surface area contributed by atoms with Crippen LogP contribution in [0.3, 0.4) is 0 Å². The number of hydrogen-bond acceptors (Lipinski definition) is 2. The molecule has 2 nitrogen and oxygen atoms in total. The first kappa shape index (κ1) is 15.7. The van der Waals surface area contributed by atoms with E-state index in [-0.39, 0.29) is 16.3 Å². The van der Waals surface area contributed by atoms with Crippen LogP contribution in [0.5, 0.6) is 5.75 Å². The number of carbonyl (C=O) groups excluding carboxylic acids is 1. The van der Waals surface area contributed by atoms with Crippen molar-refractivity contribution in [1.29, 1.82) is 0 Å². The Morgan fingerprint density at radius 3 is 2.52 bits per heavy atom. The summed E-state index contributed by atoms with van der Waals surface area (Å²) in [4.78, 5) is 12.2. The van der Waals surface area contributed by atoms with Gasteiger partial charge in [-0.25, -0.2) is 8.78 Å². The SMILES string of the molecule is CC(Oc1cc(F)ccc1F)C(=O)c1ccc(Cl)cc1Cl. The molecule has 1 atom stereocenters. The van der Waals surface area contributed by atoms with Gasteiger partial charge in [0, 0.05) is 16.7 Å². The topological polar surface area (TPSA) is 26.3 Å². The van der Waals surface area contributed by atoms with E-state index < -0.39 is 23.5 Å². The zero-order chi connectivity index (χ0) is 15.6.